The summed E-state index contributed by atoms with van der Waals surface area (Å²) in [6.07, 6.45) is 6.19. The van der Waals surface area contributed by atoms with Crippen LogP contribution in [0, 0.1) is 0 Å². The lowest BCUT2D eigenvalue weighted by atomic mass is 9.97. The van der Waals surface area contributed by atoms with Crippen LogP contribution in [0.2, 0.25) is 0 Å². The Morgan fingerprint density at radius 2 is 2.05 bits per heavy atom. The van der Waals surface area contributed by atoms with E-state index in [-0.39, 0.29) is 18.4 Å². The topological polar surface area (TPSA) is 38.3 Å². The molecule has 1 aromatic rings. The summed E-state index contributed by atoms with van der Waals surface area (Å²) in [7, 11) is 1.41. The smallest absolute Gasteiger partial charge is 0.337 e. The van der Waals surface area contributed by atoms with E-state index in [2.05, 4.69) is 10.1 Å². The average Bonchev–Trinajstić information content (AvgIpc) is 2.46. The van der Waals surface area contributed by atoms with Crippen molar-refractivity contribution in [3.8, 4) is 0 Å². The first-order valence-corrected chi connectivity index (χ1v) is 6.70. The number of piperidine rings is 1. The largest absolute Gasteiger partial charge is 0.465 e. The van der Waals surface area contributed by atoms with Gasteiger partial charge in [-0.05, 0) is 49.9 Å². The van der Waals surface area contributed by atoms with Crippen molar-refractivity contribution in [3.63, 3.8) is 0 Å². The SMILES string of the molecule is COC(=O)c1ccc(CCC2CCCCN2)cc1.Cl. The summed E-state index contributed by atoms with van der Waals surface area (Å²) in [6, 6.07) is 8.40. The Kier molecular flexibility index (Phi) is 6.89. The zero-order valence-electron chi connectivity index (χ0n) is 11.4. The number of ether oxygens (including phenoxy) is 1. The maximum atomic E-state index is 11.3. The van der Waals surface area contributed by atoms with Gasteiger partial charge in [-0.1, -0.05) is 18.6 Å². The second kappa shape index (κ2) is 8.18. The van der Waals surface area contributed by atoms with Gasteiger partial charge in [0.15, 0.2) is 0 Å². The van der Waals surface area contributed by atoms with Gasteiger partial charge in [-0.25, -0.2) is 4.79 Å². The summed E-state index contributed by atoms with van der Waals surface area (Å²) in [4.78, 5) is 11.3. The highest BCUT2D eigenvalue weighted by molar-refractivity contribution is 5.89. The maximum absolute atomic E-state index is 11.3. The highest BCUT2D eigenvalue weighted by Gasteiger charge is 2.12. The fourth-order valence-electron chi connectivity index (χ4n) is 2.44. The van der Waals surface area contributed by atoms with E-state index in [1.807, 2.05) is 24.3 Å². The lowest BCUT2D eigenvalue weighted by molar-refractivity contribution is 0.0600. The van der Waals surface area contributed by atoms with Gasteiger partial charge in [0.2, 0.25) is 0 Å². The van der Waals surface area contributed by atoms with Crippen molar-refractivity contribution >= 4 is 18.4 Å². The predicted octanol–water partition coefficient (Wildman–Crippen LogP) is 2.97. The Bertz CT molecular complexity index is 386. The van der Waals surface area contributed by atoms with Crippen molar-refractivity contribution in [2.75, 3.05) is 13.7 Å². The molecule has 4 heteroatoms. The molecule has 0 aromatic heterocycles. The number of nitrogens with one attached hydrogen (secondary N) is 1. The molecule has 0 radical (unpaired) electrons. The van der Waals surface area contributed by atoms with Crippen LogP contribution in [-0.4, -0.2) is 25.7 Å². The average molecular weight is 284 g/mol. The molecule has 19 heavy (non-hydrogen) atoms. The van der Waals surface area contributed by atoms with E-state index in [1.54, 1.807) is 0 Å². The Labute approximate surface area is 121 Å². The molecular weight excluding hydrogens is 262 g/mol. The van der Waals surface area contributed by atoms with E-state index in [4.69, 9.17) is 0 Å². The molecular formula is C15H22ClNO2. The van der Waals surface area contributed by atoms with E-state index < -0.39 is 0 Å². The first-order chi connectivity index (χ1) is 8.79. The molecule has 0 bridgehead atoms. The second-order valence-corrected chi connectivity index (χ2v) is 4.87. The van der Waals surface area contributed by atoms with E-state index in [1.165, 1.54) is 38.4 Å². The first kappa shape index (κ1) is 16.0. The van der Waals surface area contributed by atoms with Crippen molar-refractivity contribution < 1.29 is 9.53 Å². The summed E-state index contributed by atoms with van der Waals surface area (Å²) in [5.41, 5.74) is 1.91. The number of carbonyl (C=O) groups is 1. The van der Waals surface area contributed by atoms with Crippen molar-refractivity contribution in [2.24, 2.45) is 0 Å². The zero-order chi connectivity index (χ0) is 12.8. The number of hydrogen-bond acceptors (Lipinski definition) is 3. The maximum Gasteiger partial charge on any atom is 0.337 e. The molecule has 0 amide bonds. The minimum absolute atomic E-state index is 0. The number of halogens is 1. The summed E-state index contributed by atoms with van der Waals surface area (Å²) in [5.74, 6) is -0.268. The minimum Gasteiger partial charge on any atom is -0.465 e. The van der Waals surface area contributed by atoms with E-state index in [0.717, 1.165) is 13.0 Å². The van der Waals surface area contributed by atoms with Crippen LogP contribution in [0.1, 0.15) is 41.6 Å². The van der Waals surface area contributed by atoms with Gasteiger partial charge < -0.3 is 10.1 Å². The van der Waals surface area contributed by atoms with Crippen molar-refractivity contribution in [1.82, 2.24) is 5.32 Å². The van der Waals surface area contributed by atoms with Gasteiger partial charge in [0, 0.05) is 6.04 Å². The molecule has 3 nitrogen and oxygen atoms in total. The number of rotatable bonds is 4. The van der Waals surface area contributed by atoms with Gasteiger partial charge in [-0.3, -0.25) is 0 Å². The molecule has 106 valence electrons. The Hall–Kier alpha value is -1.06. The number of methoxy groups -OCH3 is 1. The highest BCUT2D eigenvalue weighted by Crippen LogP contribution is 2.14. The van der Waals surface area contributed by atoms with Crippen LogP contribution in [-0.2, 0) is 11.2 Å². The van der Waals surface area contributed by atoms with Crippen LogP contribution in [0.25, 0.3) is 0 Å². The van der Waals surface area contributed by atoms with Crippen LogP contribution in [0.15, 0.2) is 24.3 Å². The molecule has 1 aliphatic heterocycles. The summed E-state index contributed by atoms with van der Waals surface area (Å²) in [5, 5.41) is 3.55. The van der Waals surface area contributed by atoms with Crippen LogP contribution >= 0.6 is 12.4 Å². The molecule has 1 heterocycles. The quantitative estimate of drug-likeness (QED) is 0.864. The number of carbonyl (C=O) groups excluding carboxylic acids is 1. The fraction of sp³-hybridized carbons (Fsp3) is 0.533. The van der Waals surface area contributed by atoms with Crippen molar-refractivity contribution in [3.05, 3.63) is 35.4 Å². The molecule has 1 N–H and O–H groups in total. The molecule has 1 saturated heterocycles. The lowest BCUT2D eigenvalue weighted by Crippen LogP contribution is -2.34. The fourth-order valence-corrected chi connectivity index (χ4v) is 2.44. The van der Waals surface area contributed by atoms with Crippen molar-refractivity contribution in [1.29, 1.82) is 0 Å². The molecule has 1 atom stereocenters. The normalized spacial score (nSPS) is 18.5. The van der Waals surface area contributed by atoms with E-state index in [9.17, 15) is 4.79 Å². The van der Waals surface area contributed by atoms with Gasteiger partial charge in [0.25, 0.3) is 0 Å². The molecule has 0 saturated carbocycles. The molecule has 0 aliphatic carbocycles. The van der Waals surface area contributed by atoms with Gasteiger partial charge in [0.05, 0.1) is 12.7 Å². The molecule has 1 aromatic carbocycles. The van der Waals surface area contributed by atoms with Gasteiger partial charge in [-0.15, -0.1) is 12.4 Å². The third-order valence-corrected chi connectivity index (χ3v) is 3.57. The summed E-state index contributed by atoms with van der Waals surface area (Å²) in [6.45, 7) is 1.16. The van der Waals surface area contributed by atoms with Crippen LogP contribution < -0.4 is 5.32 Å². The number of aryl methyl sites for hydroxylation is 1. The van der Waals surface area contributed by atoms with Gasteiger partial charge in [-0.2, -0.15) is 0 Å². The molecule has 2 rings (SSSR count). The third kappa shape index (κ3) is 4.84. The number of benzene rings is 1. The van der Waals surface area contributed by atoms with Gasteiger partial charge in [0.1, 0.15) is 0 Å². The van der Waals surface area contributed by atoms with Gasteiger partial charge >= 0.3 is 5.97 Å². The second-order valence-electron chi connectivity index (χ2n) is 4.87. The minimum atomic E-state index is -0.268. The molecule has 1 fully saturated rings. The molecule has 0 spiro atoms. The van der Waals surface area contributed by atoms with Crippen LogP contribution in [0.5, 0.6) is 0 Å². The first-order valence-electron chi connectivity index (χ1n) is 6.70. The number of esters is 1. The Balaban J connectivity index is 0.00000180. The molecule has 1 aliphatic rings. The zero-order valence-corrected chi connectivity index (χ0v) is 12.2. The standard InChI is InChI=1S/C15H21NO2.ClH/c1-18-15(17)13-8-5-12(6-9-13)7-10-14-4-2-3-11-16-14;/h5-6,8-9,14,16H,2-4,7,10-11H2,1H3;1H. The lowest BCUT2D eigenvalue weighted by Gasteiger charge is -2.23. The third-order valence-electron chi connectivity index (χ3n) is 3.57. The molecule has 1 unspecified atom stereocenters. The summed E-state index contributed by atoms with van der Waals surface area (Å²) < 4.78 is 4.68. The van der Waals surface area contributed by atoms with Crippen LogP contribution in [0.4, 0.5) is 0 Å². The Morgan fingerprint density at radius 3 is 2.63 bits per heavy atom. The van der Waals surface area contributed by atoms with E-state index in [0.29, 0.717) is 11.6 Å². The highest BCUT2D eigenvalue weighted by atomic mass is 35.5. The number of hydrogen-bond donors (Lipinski definition) is 1. The van der Waals surface area contributed by atoms with E-state index >= 15 is 0 Å². The summed E-state index contributed by atoms with van der Waals surface area (Å²) >= 11 is 0. The predicted molar refractivity (Wildman–Crippen MR) is 79.0 cm³/mol. The van der Waals surface area contributed by atoms with Crippen molar-refractivity contribution in [2.45, 2.75) is 38.1 Å². The monoisotopic (exact) mass is 283 g/mol. The van der Waals surface area contributed by atoms with Crippen LogP contribution in [0.3, 0.4) is 0 Å². The Morgan fingerprint density at radius 1 is 1.32 bits per heavy atom.